The first-order valence-electron chi connectivity index (χ1n) is 7.15. The van der Waals surface area contributed by atoms with E-state index in [2.05, 4.69) is 15.3 Å². The summed E-state index contributed by atoms with van der Waals surface area (Å²) in [5.74, 6) is -0.154. The quantitative estimate of drug-likeness (QED) is 0.491. The van der Waals surface area contributed by atoms with Gasteiger partial charge >= 0.3 is 0 Å². The number of nitrogens with one attached hydrogen (secondary N) is 1. The van der Waals surface area contributed by atoms with Gasteiger partial charge in [-0.05, 0) is 12.8 Å². The van der Waals surface area contributed by atoms with E-state index in [0.29, 0.717) is 19.4 Å². The van der Waals surface area contributed by atoms with Crippen LogP contribution in [0.4, 0.5) is 0 Å². The fourth-order valence-corrected chi connectivity index (χ4v) is 2.17. The van der Waals surface area contributed by atoms with Crippen molar-refractivity contribution in [3.63, 3.8) is 0 Å². The second-order valence-corrected chi connectivity index (χ2v) is 4.85. The molecule has 1 amide bonds. The predicted molar refractivity (Wildman–Crippen MR) is 78.4 cm³/mol. The number of nitrogens with zero attached hydrogens (tertiary/aromatic N) is 2. The van der Waals surface area contributed by atoms with Crippen LogP contribution in [0.3, 0.4) is 0 Å². The van der Waals surface area contributed by atoms with Crippen LogP contribution in [0.25, 0.3) is 0 Å². The van der Waals surface area contributed by atoms with Crippen LogP contribution in [0.1, 0.15) is 18.5 Å². The van der Waals surface area contributed by atoms with E-state index < -0.39 is 12.2 Å². The van der Waals surface area contributed by atoms with Crippen molar-refractivity contribution in [1.82, 2.24) is 15.3 Å². The van der Waals surface area contributed by atoms with Crippen LogP contribution >= 0.6 is 0 Å². The number of rotatable bonds is 5. The second-order valence-electron chi connectivity index (χ2n) is 4.85. The average molecular weight is 327 g/mol. The molecule has 0 saturated carbocycles. The van der Waals surface area contributed by atoms with Crippen molar-refractivity contribution in [3.05, 3.63) is 24.3 Å². The molecule has 23 heavy (non-hydrogen) atoms. The molecule has 3 atom stereocenters. The first-order chi connectivity index (χ1) is 11.1. The number of carbonyl (C=O) groups is 2. The van der Waals surface area contributed by atoms with Gasteiger partial charge < -0.3 is 25.4 Å². The molecule has 1 aliphatic heterocycles. The molecule has 2 heterocycles. The first kappa shape index (κ1) is 18.9. The highest BCUT2D eigenvalue weighted by molar-refractivity contribution is 5.76. The van der Waals surface area contributed by atoms with Crippen LogP contribution in [0.15, 0.2) is 18.6 Å². The van der Waals surface area contributed by atoms with Crippen LogP contribution in [-0.2, 0) is 20.7 Å². The lowest BCUT2D eigenvalue weighted by Crippen LogP contribution is -2.54. The molecule has 1 aromatic heterocycles. The number of carbonyl (C=O) groups excluding carboxylic acids is 1. The van der Waals surface area contributed by atoms with E-state index in [4.69, 9.17) is 19.7 Å². The van der Waals surface area contributed by atoms with Gasteiger partial charge in [-0.1, -0.05) is 0 Å². The number of aromatic nitrogens is 2. The van der Waals surface area contributed by atoms with Gasteiger partial charge in [0.05, 0.1) is 18.3 Å². The zero-order valence-corrected chi connectivity index (χ0v) is 12.5. The zero-order valence-electron chi connectivity index (χ0n) is 12.5. The van der Waals surface area contributed by atoms with Crippen molar-refractivity contribution in [2.45, 2.75) is 37.5 Å². The lowest BCUT2D eigenvalue weighted by molar-refractivity contribution is -0.131. The van der Waals surface area contributed by atoms with E-state index >= 15 is 0 Å². The van der Waals surface area contributed by atoms with Gasteiger partial charge in [-0.3, -0.25) is 19.6 Å². The van der Waals surface area contributed by atoms with Crippen LogP contribution in [0.2, 0.25) is 0 Å². The smallest absolute Gasteiger partial charge is 0.290 e. The zero-order chi connectivity index (χ0) is 17.1. The monoisotopic (exact) mass is 327 g/mol. The predicted octanol–water partition coefficient (Wildman–Crippen LogP) is -1.26. The maximum atomic E-state index is 11.9. The molecule has 0 bridgehead atoms. The third kappa shape index (κ3) is 6.68. The standard InChI is InChI=1S/C13H19N3O4.CH2O2/c17-8-11-13(19)10(3-6-20-11)16-12(18)2-1-9-7-14-4-5-15-9;2-1-3/h4-5,7,10-11,13,17,19H,1-3,6,8H2,(H,16,18);1H,(H,2,3)/t10-,11+,13-;/m0./s1. The number of aliphatic hydroxyl groups is 2. The molecule has 1 saturated heterocycles. The van der Waals surface area contributed by atoms with Crippen LogP contribution in [0, 0.1) is 0 Å². The Morgan fingerprint density at radius 1 is 1.48 bits per heavy atom. The Labute approximate surface area is 133 Å². The molecular formula is C14H21N3O6. The second kappa shape index (κ2) is 10.6. The third-order valence-electron chi connectivity index (χ3n) is 3.31. The van der Waals surface area contributed by atoms with Gasteiger partial charge in [0, 0.05) is 31.6 Å². The van der Waals surface area contributed by atoms with E-state index in [-0.39, 0.29) is 31.4 Å². The van der Waals surface area contributed by atoms with Crippen molar-refractivity contribution in [1.29, 1.82) is 0 Å². The number of amides is 1. The van der Waals surface area contributed by atoms with Crippen molar-refractivity contribution in [2.75, 3.05) is 13.2 Å². The van der Waals surface area contributed by atoms with Gasteiger partial charge in [0.2, 0.25) is 5.91 Å². The Morgan fingerprint density at radius 2 is 2.22 bits per heavy atom. The van der Waals surface area contributed by atoms with Crippen LogP contribution in [-0.4, -0.2) is 69.1 Å². The fourth-order valence-electron chi connectivity index (χ4n) is 2.17. The molecule has 1 aliphatic rings. The number of hydrogen-bond donors (Lipinski definition) is 4. The molecule has 0 unspecified atom stereocenters. The lowest BCUT2D eigenvalue weighted by atomic mass is 9.99. The van der Waals surface area contributed by atoms with Crippen molar-refractivity contribution < 1.29 is 29.6 Å². The van der Waals surface area contributed by atoms with Gasteiger partial charge in [-0.15, -0.1) is 0 Å². The molecule has 9 nitrogen and oxygen atoms in total. The largest absolute Gasteiger partial charge is 0.483 e. The summed E-state index contributed by atoms with van der Waals surface area (Å²) in [6.07, 6.45) is 4.60. The van der Waals surface area contributed by atoms with Crippen molar-refractivity contribution in [3.8, 4) is 0 Å². The minimum Gasteiger partial charge on any atom is -0.483 e. The van der Waals surface area contributed by atoms with Gasteiger partial charge in [-0.2, -0.15) is 0 Å². The number of aryl methyl sites for hydroxylation is 1. The maximum Gasteiger partial charge on any atom is 0.290 e. The maximum absolute atomic E-state index is 11.9. The van der Waals surface area contributed by atoms with Crippen molar-refractivity contribution in [2.24, 2.45) is 0 Å². The van der Waals surface area contributed by atoms with E-state index in [1.807, 2.05) is 0 Å². The summed E-state index contributed by atoms with van der Waals surface area (Å²) < 4.78 is 5.21. The molecule has 9 heteroatoms. The highest BCUT2D eigenvalue weighted by Gasteiger charge is 2.33. The van der Waals surface area contributed by atoms with E-state index in [1.54, 1.807) is 18.6 Å². The summed E-state index contributed by atoms with van der Waals surface area (Å²) in [7, 11) is 0. The van der Waals surface area contributed by atoms with E-state index in [0.717, 1.165) is 5.69 Å². The normalized spacial score (nSPS) is 23.3. The first-order valence-corrected chi connectivity index (χ1v) is 7.15. The Bertz CT molecular complexity index is 473. The number of ether oxygens (including phenoxy) is 1. The average Bonchev–Trinajstić information content (AvgIpc) is 2.57. The summed E-state index contributed by atoms with van der Waals surface area (Å²) in [6, 6.07) is -0.379. The highest BCUT2D eigenvalue weighted by Crippen LogP contribution is 2.14. The van der Waals surface area contributed by atoms with Gasteiger partial charge in [0.15, 0.2) is 0 Å². The summed E-state index contributed by atoms with van der Waals surface area (Å²) in [5, 5.41) is 28.7. The molecule has 0 aromatic carbocycles. The van der Waals surface area contributed by atoms with Crippen LogP contribution < -0.4 is 5.32 Å². The minimum absolute atomic E-state index is 0.154. The SMILES string of the molecule is O=C(CCc1cnccn1)N[C@H]1CCO[C@H](CO)[C@H]1O.O=CO. The van der Waals surface area contributed by atoms with Gasteiger partial charge in [0.1, 0.15) is 12.2 Å². The Hall–Kier alpha value is -2.10. The molecule has 128 valence electrons. The molecule has 0 spiro atoms. The number of hydrogen-bond acceptors (Lipinski definition) is 7. The Balaban J connectivity index is 0.000000816. The van der Waals surface area contributed by atoms with Crippen molar-refractivity contribution >= 4 is 12.4 Å². The fraction of sp³-hybridized carbons (Fsp3) is 0.571. The van der Waals surface area contributed by atoms with E-state index in [1.165, 1.54) is 0 Å². The molecule has 4 N–H and O–H groups in total. The molecule has 2 rings (SSSR count). The summed E-state index contributed by atoms with van der Waals surface area (Å²) >= 11 is 0. The summed E-state index contributed by atoms with van der Waals surface area (Å²) in [5.41, 5.74) is 0.753. The summed E-state index contributed by atoms with van der Waals surface area (Å²) in [4.78, 5) is 28.2. The molecule has 0 radical (unpaired) electrons. The highest BCUT2D eigenvalue weighted by atomic mass is 16.5. The molecule has 1 fully saturated rings. The molecular weight excluding hydrogens is 306 g/mol. The molecule has 1 aromatic rings. The Kier molecular flexibility index (Phi) is 8.73. The Morgan fingerprint density at radius 3 is 2.83 bits per heavy atom. The molecule has 0 aliphatic carbocycles. The van der Waals surface area contributed by atoms with Gasteiger partial charge in [0.25, 0.3) is 6.47 Å². The lowest BCUT2D eigenvalue weighted by Gasteiger charge is -2.34. The van der Waals surface area contributed by atoms with Gasteiger partial charge in [-0.25, -0.2) is 0 Å². The number of carboxylic acid groups (broad SMARTS) is 1. The third-order valence-corrected chi connectivity index (χ3v) is 3.31. The van der Waals surface area contributed by atoms with Crippen LogP contribution in [0.5, 0.6) is 0 Å². The minimum atomic E-state index is -0.880. The number of aliphatic hydroxyl groups excluding tert-OH is 2. The topological polar surface area (TPSA) is 142 Å². The summed E-state index contributed by atoms with van der Waals surface area (Å²) in [6.45, 7) is -0.0927. The van der Waals surface area contributed by atoms with E-state index in [9.17, 15) is 9.90 Å².